The Morgan fingerprint density at radius 3 is 2.59 bits per heavy atom. The highest BCUT2D eigenvalue weighted by Gasteiger charge is 2.26. The van der Waals surface area contributed by atoms with Gasteiger partial charge in [-0.25, -0.2) is 9.18 Å². The van der Waals surface area contributed by atoms with Crippen LogP contribution in [0, 0.1) is 11.7 Å². The molecule has 1 aromatic heterocycles. The van der Waals surface area contributed by atoms with Crippen LogP contribution in [-0.4, -0.2) is 55.5 Å². The molecule has 2 N–H and O–H groups in total. The minimum atomic E-state index is -0.435. The third-order valence-electron chi connectivity index (χ3n) is 5.86. The summed E-state index contributed by atoms with van der Waals surface area (Å²) in [6.07, 6.45) is 2.54. The number of hydrogen-bond donors (Lipinski definition) is 2. The van der Waals surface area contributed by atoms with Gasteiger partial charge in [-0.1, -0.05) is 25.1 Å². The van der Waals surface area contributed by atoms with Gasteiger partial charge in [-0.2, -0.15) is 0 Å². The Bertz CT molecular complexity index is 1000. The summed E-state index contributed by atoms with van der Waals surface area (Å²) in [6, 6.07) is 8.34. The van der Waals surface area contributed by atoms with E-state index in [-0.39, 0.29) is 36.7 Å². The van der Waals surface area contributed by atoms with E-state index in [2.05, 4.69) is 10.6 Å². The fourth-order valence-corrected chi connectivity index (χ4v) is 4.96. The molecule has 0 spiro atoms. The average Bonchev–Trinajstić information content (AvgIpc) is 3.23. The quantitative estimate of drug-likeness (QED) is 0.498. The summed E-state index contributed by atoms with van der Waals surface area (Å²) in [7, 11) is 0. The van der Waals surface area contributed by atoms with Gasteiger partial charge >= 0.3 is 5.97 Å². The van der Waals surface area contributed by atoms with Gasteiger partial charge in [0, 0.05) is 17.3 Å². The number of carbonyl (C=O) groups excluding carboxylic acids is 3. The topological polar surface area (TPSA) is 87.7 Å². The van der Waals surface area contributed by atoms with Crippen molar-refractivity contribution in [1.29, 1.82) is 0 Å². The van der Waals surface area contributed by atoms with Crippen molar-refractivity contribution in [2.75, 3.05) is 38.1 Å². The maximum Gasteiger partial charge on any atom is 0.341 e. The van der Waals surface area contributed by atoms with E-state index in [4.69, 9.17) is 4.74 Å². The monoisotopic (exact) mass is 489 g/mol. The molecule has 34 heavy (non-hydrogen) atoms. The molecule has 1 saturated heterocycles. The van der Waals surface area contributed by atoms with Gasteiger partial charge in [0.05, 0.1) is 18.7 Å². The molecular formula is C25H32FN3O4S. The predicted molar refractivity (Wildman–Crippen MR) is 131 cm³/mol. The number of piperidine rings is 1. The number of aryl methyl sites for hydroxylation is 1. The predicted octanol–water partition coefficient (Wildman–Crippen LogP) is 3.64. The number of likely N-dealkylation sites (tertiary alicyclic amines) is 1. The fourth-order valence-electron chi connectivity index (χ4n) is 3.96. The van der Waals surface area contributed by atoms with Crippen LogP contribution in [0.1, 0.15) is 47.5 Å². The van der Waals surface area contributed by atoms with Crippen molar-refractivity contribution in [2.45, 2.75) is 39.5 Å². The molecule has 0 unspecified atom stereocenters. The molecule has 0 atom stereocenters. The number of thiophene rings is 1. The normalized spacial score (nSPS) is 14.6. The summed E-state index contributed by atoms with van der Waals surface area (Å²) in [5.41, 5.74) is 0.981. The Hall–Kier alpha value is -2.78. The van der Waals surface area contributed by atoms with Crippen molar-refractivity contribution in [2.24, 2.45) is 5.92 Å². The van der Waals surface area contributed by atoms with Crippen LogP contribution in [0.15, 0.2) is 30.3 Å². The lowest BCUT2D eigenvalue weighted by molar-refractivity contribution is -0.126. The van der Waals surface area contributed by atoms with E-state index >= 15 is 0 Å². The Labute approximate surface area is 203 Å². The van der Waals surface area contributed by atoms with Crippen molar-refractivity contribution >= 4 is 34.1 Å². The van der Waals surface area contributed by atoms with Crippen molar-refractivity contribution in [3.63, 3.8) is 0 Å². The summed E-state index contributed by atoms with van der Waals surface area (Å²) >= 11 is 1.39. The first-order valence-electron chi connectivity index (χ1n) is 11.7. The first-order valence-corrected chi connectivity index (χ1v) is 12.6. The molecule has 0 saturated carbocycles. The average molecular weight is 490 g/mol. The largest absolute Gasteiger partial charge is 0.462 e. The second kappa shape index (κ2) is 12.6. The highest BCUT2D eigenvalue weighted by Crippen LogP contribution is 2.29. The number of esters is 1. The van der Waals surface area contributed by atoms with E-state index in [0.717, 1.165) is 11.3 Å². The number of carbonyl (C=O) groups is 3. The number of anilines is 1. The van der Waals surface area contributed by atoms with Crippen LogP contribution in [0.4, 0.5) is 9.39 Å². The number of nitrogens with zero attached hydrogens (tertiary/aromatic N) is 1. The second-order valence-corrected chi connectivity index (χ2v) is 9.40. The maximum absolute atomic E-state index is 13.7. The fraction of sp³-hybridized carbons (Fsp3) is 0.480. The summed E-state index contributed by atoms with van der Waals surface area (Å²) in [4.78, 5) is 40.3. The van der Waals surface area contributed by atoms with Crippen LogP contribution in [0.2, 0.25) is 0 Å². The minimum Gasteiger partial charge on any atom is -0.462 e. The lowest BCUT2D eigenvalue weighted by Gasteiger charge is -2.30. The highest BCUT2D eigenvalue weighted by molar-refractivity contribution is 7.16. The lowest BCUT2D eigenvalue weighted by atomic mass is 9.96. The standard InChI is InChI=1S/C25H32FN3O4S/c1-3-19-15-20(25(32)33-4-2)24(34-19)28-22(30)16-29-13-10-18(11-14-29)23(31)27-12-9-17-7-5-6-8-21(17)26/h5-8,15,18H,3-4,9-14,16H2,1-2H3,(H,27,31)(H,28,30). The van der Waals surface area contributed by atoms with Crippen LogP contribution in [0.5, 0.6) is 0 Å². The van der Waals surface area contributed by atoms with Gasteiger partial charge in [0.1, 0.15) is 10.8 Å². The smallest absolute Gasteiger partial charge is 0.341 e. The number of halogens is 1. The SMILES string of the molecule is CCOC(=O)c1cc(CC)sc1NC(=O)CN1CCC(C(=O)NCCc2ccccc2F)CC1. The Morgan fingerprint density at radius 2 is 1.91 bits per heavy atom. The van der Waals surface area contributed by atoms with Crippen molar-refractivity contribution < 1.29 is 23.5 Å². The molecule has 2 amide bonds. The zero-order valence-corrected chi connectivity index (χ0v) is 20.5. The molecule has 1 aromatic carbocycles. The Morgan fingerprint density at radius 1 is 1.18 bits per heavy atom. The van der Waals surface area contributed by atoms with Gasteiger partial charge in [0.15, 0.2) is 0 Å². The lowest BCUT2D eigenvalue weighted by Crippen LogP contribution is -2.43. The number of nitrogens with one attached hydrogen (secondary N) is 2. The van der Waals surface area contributed by atoms with Crippen LogP contribution in [0.25, 0.3) is 0 Å². The molecular weight excluding hydrogens is 457 g/mol. The summed E-state index contributed by atoms with van der Waals surface area (Å²) in [5.74, 6) is -1.02. The van der Waals surface area contributed by atoms with Crippen LogP contribution in [-0.2, 0) is 27.2 Å². The van der Waals surface area contributed by atoms with E-state index in [1.807, 2.05) is 11.8 Å². The Kier molecular flexibility index (Phi) is 9.59. The van der Waals surface area contributed by atoms with E-state index < -0.39 is 5.97 Å². The number of ether oxygens (including phenoxy) is 1. The van der Waals surface area contributed by atoms with Crippen molar-refractivity contribution in [3.8, 4) is 0 Å². The van der Waals surface area contributed by atoms with Crippen molar-refractivity contribution in [1.82, 2.24) is 10.2 Å². The molecule has 184 valence electrons. The van der Waals surface area contributed by atoms with E-state index in [1.54, 1.807) is 31.2 Å². The van der Waals surface area contributed by atoms with Gasteiger partial charge < -0.3 is 15.4 Å². The molecule has 2 heterocycles. The number of rotatable bonds is 10. The Balaban J connectivity index is 1.43. The summed E-state index contributed by atoms with van der Waals surface area (Å²) < 4.78 is 18.8. The highest BCUT2D eigenvalue weighted by atomic mass is 32.1. The molecule has 1 aliphatic heterocycles. The van der Waals surface area contributed by atoms with Gasteiger partial charge in [0.2, 0.25) is 11.8 Å². The van der Waals surface area contributed by atoms with Crippen LogP contribution < -0.4 is 10.6 Å². The first kappa shape index (κ1) is 25.8. The zero-order valence-electron chi connectivity index (χ0n) is 19.7. The number of amides is 2. The molecule has 3 rings (SSSR count). The van der Waals surface area contributed by atoms with Crippen molar-refractivity contribution in [3.05, 3.63) is 52.2 Å². The molecule has 0 radical (unpaired) electrons. The molecule has 7 nitrogen and oxygen atoms in total. The molecule has 2 aromatic rings. The molecule has 1 aliphatic rings. The van der Waals surface area contributed by atoms with E-state index in [0.29, 0.717) is 55.0 Å². The van der Waals surface area contributed by atoms with Gasteiger partial charge in [-0.05, 0) is 63.4 Å². The molecule has 0 bridgehead atoms. The number of hydrogen-bond acceptors (Lipinski definition) is 6. The molecule has 0 aliphatic carbocycles. The third-order valence-corrected chi connectivity index (χ3v) is 7.05. The molecule has 9 heteroatoms. The maximum atomic E-state index is 13.7. The second-order valence-electron chi connectivity index (χ2n) is 8.26. The van der Waals surface area contributed by atoms with Crippen LogP contribution in [0.3, 0.4) is 0 Å². The van der Waals surface area contributed by atoms with Gasteiger partial charge in [-0.15, -0.1) is 11.3 Å². The summed E-state index contributed by atoms with van der Waals surface area (Å²) in [5, 5.41) is 6.28. The summed E-state index contributed by atoms with van der Waals surface area (Å²) in [6.45, 7) is 5.87. The number of benzene rings is 1. The zero-order chi connectivity index (χ0) is 24.5. The van der Waals surface area contributed by atoms with Gasteiger partial charge in [0.25, 0.3) is 0 Å². The minimum absolute atomic E-state index is 0.0230. The van der Waals surface area contributed by atoms with E-state index in [9.17, 15) is 18.8 Å². The first-order chi connectivity index (χ1) is 16.4. The third kappa shape index (κ3) is 7.11. The molecule has 1 fully saturated rings. The van der Waals surface area contributed by atoms with Gasteiger partial charge in [-0.3, -0.25) is 14.5 Å². The van der Waals surface area contributed by atoms with E-state index in [1.165, 1.54) is 17.4 Å². The van der Waals surface area contributed by atoms with Crippen LogP contribution >= 0.6 is 11.3 Å².